The fraction of sp³-hybridized carbons (Fsp3) is 0.647. The summed E-state index contributed by atoms with van der Waals surface area (Å²) in [5.41, 5.74) is 2.84. The molecule has 1 aromatic carbocycles. The molecule has 18 heavy (non-hydrogen) atoms. The van der Waals surface area contributed by atoms with Crippen LogP contribution in [-0.2, 0) is 6.42 Å². The van der Waals surface area contributed by atoms with Gasteiger partial charge in [0.25, 0.3) is 0 Å². The number of hydrogen-bond acceptors (Lipinski definition) is 1. The molecule has 1 rings (SSSR count). The summed E-state index contributed by atoms with van der Waals surface area (Å²) in [6.45, 7) is 6.78. The first-order valence-electron chi connectivity index (χ1n) is 7.34. The maximum atomic E-state index is 3.46. The van der Waals surface area contributed by atoms with E-state index in [1.807, 2.05) is 0 Å². The average molecular weight is 247 g/mol. The van der Waals surface area contributed by atoms with Gasteiger partial charge in [0, 0.05) is 6.04 Å². The van der Waals surface area contributed by atoms with Crippen LogP contribution in [0.1, 0.15) is 50.7 Å². The lowest BCUT2D eigenvalue weighted by molar-refractivity contribution is 0.440. The normalized spacial score (nSPS) is 12.9. The highest BCUT2D eigenvalue weighted by molar-refractivity contribution is 5.22. The molecular formula is C17H29N. The van der Waals surface area contributed by atoms with Gasteiger partial charge in [0.05, 0.1) is 0 Å². The van der Waals surface area contributed by atoms with E-state index in [2.05, 4.69) is 57.4 Å². The number of hydrogen-bond donors (Lipinski definition) is 1. The van der Waals surface area contributed by atoms with Crippen LogP contribution in [0, 0.1) is 12.8 Å². The fourth-order valence-corrected chi connectivity index (χ4v) is 2.41. The van der Waals surface area contributed by atoms with Crippen molar-refractivity contribution in [2.45, 2.75) is 58.9 Å². The molecule has 0 fully saturated rings. The molecule has 0 saturated carbocycles. The summed E-state index contributed by atoms with van der Waals surface area (Å²) < 4.78 is 0. The van der Waals surface area contributed by atoms with Crippen LogP contribution >= 0.6 is 0 Å². The molecule has 1 N–H and O–H groups in total. The van der Waals surface area contributed by atoms with Crippen molar-refractivity contribution in [3.63, 3.8) is 0 Å². The van der Waals surface area contributed by atoms with E-state index in [1.165, 1.54) is 43.2 Å². The van der Waals surface area contributed by atoms with E-state index >= 15 is 0 Å². The molecule has 1 unspecified atom stereocenters. The van der Waals surface area contributed by atoms with Crippen molar-refractivity contribution >= 4 is 0 Å². The zero-order valence-corrected chi connectivity index (χ0v) is 12.5. The Morgan fingerprint density at radius 3 is 2.50 bits per heavy atom. The van der Waals surface area contributed by atoms with Gasteiger partial charge in [-0.15, -0.1) is 0 Å². The Kier molecular flexibility index (Phi) is 7.04. The Morgan fingerprint density at radius 2 is 1.89 bits per heavy atom. The maximum absolute atomic E-state index is 3.46. The Morgan fingerprint density at radius 1 is 1.11 bits per heavy atom. The molecule has 1 aromatic rings. The number of rotatable bonds is 8. The van der Waals surface area contributed by atoms with E-state index in [9.17, 15) is 0 Å². The number of aryl methyl sites for hydroxylation is 2. The van der Waals surface area contributed by atoms with Gasteiger partial charge in [-0.1, -0.05) is 56.5 Å². The monoisotopic (exact) mass is 247 g/mol. The third kappa shape index (κ3) is 6.20. The third-order valence-corrected chi connectivity index (χ3v) is 3.61. The van der Waals surface area contributed by atoms with Gasteiger partial charge >= 0.3 is 0 Å². The van der Waals surface area contributed by atoms with E-state index in [0.29, 0.717) is 6.04 Å². The SMILES string of the molecule is CNC(CCCC(C)C)CCc1cccc(C)c1. The number of benzene rings is 1. The predicted molar refractivity (Wildman–Crippen MR) is 81.0 cm³/mol. The largest absolute Gasteiger partial charge is 0.317 e. The quantitative estimate of drug-likeness (QED) is 0.720. The van der Waals surface area contributed by atoms with Gasteiger partial charge in [-0.2, -0.15) is 0 Å². The second kappa shape index (κ2) is 8.31. The van der Waals surface area contributed by atoms with Crippen molar-refractivity contribution in [3.05, 3.63) is 35.4 Å². The van der Waals surface area contributed by atoms with E-state index < -0.39 is 0 Å². The minimum absolute atomic E-state index is 0.671. The summed E-state index contributed by atoms with van der Waals surface area (Å²) >= 11 is 0. The minimum Gasteiger partial charge on any atom is -0.317 e. The van der Waals surface area contributed by atoms with Crippen LogP contribution in [0.15, 0.2) is 24.3 Å². The summed E-state index contributed by atoms with van der Waals surface area (Å²) in [4.78, 5) is 0. The van der Waals surface area contributed by atoms with Crippen LogP contribution in [0.3, 0.4) is 0 Å². The van der Waals surface area contributed by atoms with Crippen molar-refractivity contribution in [1.29, 1.82) is 0 Å². The van der Waals surface area contributed by atoms with Crippen molar-refractivity contribution in [3.8, 4) is 0 Å². The Balaban J connectivity index is 2.30. The van der Waals surface area contributed by atoms with Gasteiger partial charge in [-0.3, -0.25) is 0 Å². The molecule has 0 amide bonds. The molecule has 0 bridgehead atoms. The Hall–Kier alpha value is -0.820. The molecule has 0 aliphatic carbocycles. The van der Waals surface area contributed by atoms with Crippen molar-refractivity contribution in [1.82, 2.24) is 5.32 Å². The number of nitrogens with one attached hydrogen (secondary N) is 1. The first-order chi connectivity index (χ1) is 8.61. The summed E-state index contributed by atoms with van der Waals surface area (Å²) in [5, 5.41) is 3.46. The standard InChI is InChI=1S/C17H29N/c1-14(2)7-5-10-17(18-4)12-11-16-9-6-8-15(3)13-16/h6,8-9,13-14,17-18H,5,7,10-12H2,1-4H3. The smallest absolute Gasteiger partial charge is 0.00672 e. The highest BCUT2D eigenvalue weighted by Gasteiger charge is 2.07. The predicted octanol–water partition coefficient (Wildman–Crippen LogP) is 4.34. The topological polar surface area (TPSA) is 12.0 Å². The lowest BCUT2D eigenvalue weighted by Crippen LogP contribution is -2.25. The Labute approximate surface area is 113 Å². The van der Waals surface area contributed by atoms with Gasteiger partial charge in [-0.05, 0) is 44.7 Å². The van der Waals surface area contributed by atoms with Gasteiger partial charge in [-0.25, -0.2) is 0 Å². The fourth-order valence-electron chi connectivity index (χ4n) is 2.41. The molecule has 0 saturated heterocycles. The van der Waals surface area contributed by atoms with Gasteiger partial charge < -0.3 is 5.32 Å². The van der Waals surface area contributed by atoms with E-state index in [0.717, 1.165) is 5.92 Å². The first-order valence-corrected chi connectivity index (χ1v) is 7.34. The third-order valence-electron chi connectivity index (χ3n) is 3.61. The van der Waals surface area contributed by atoms with Gasteiger partial charge in [0.2, 0.25) is 0 Å². The van der Waals surface area contributed by atoms with Crippen LogP contribution < -0.4 is 5.32 Å². The molecule has 0 aliphatic rings. The minimum atomic E-state index is 0.671. The van der Waals surface area contributed by atoms with Crippen molar-refractivity contribution < 1.29 is 0 Å². The summed E-state index contributed by atoms with van der Waals surface area (Å²) in [5.74, 6) is 0.833. The molecule has 0 heterocycles. The zero-order valence-electron chi connectivity index (χ0n) is 12.5. The van der Waals surface area contributed by atoms with Crippen LogP contribution in [0.25, 0.3) is 0 Å². The van der Waals surface area contributed by atoms with Gasteiger partial charge in [0.1, 0.15) is 0 Å². The molecule has 1 atom stereocenters. The average Bonchev–Trinajstić information content (AvgIpc) is 2.33. The second-order valence-electron chi connectivity index (χ2n) is 5.84. The molecule has 0 aromatic heterocycles. The Bertz CT molecular complexity index is 330. The van der Waals surface area contributed by atoms with Crippen LogP contribution in [0.4, 0.5) is 0 Å². The van der Waals surface area contributed by atoms with Crippen molar-refractivity contribution in [2.24, 2.45) is 5.92 Å². The molecule has 102 valence electrons. The summed E-state index contributed by atoms with van der Waals surface area (Å²) in [6, 6.07) is 9.55. The summed E-state index contributed by atoms with van der Waals surface area (Å²) in [6.07, 6.45) is 6.44. The lowest BCUT2D eigenvalue weighted by Gasteiger charge is -2.16. The zero-order chi connectivity index (χ0) is 13.4. The molecule has 1 nitrogen and oxygen atoms in total. The summed E-state index contributed by atoms with van der Waals surface area (Å²) in [7, 11) is 2.09. The van der Waals surface area contributed by atoms with E-state index in [4.69, 9.17) is 0 Å². The maximum Gasteiger partial charge on any atom is 0.00672 e. The van der Waals surface area contributed by atoms with Crippen LogP contribution in [0.2, 0.25) is 0 Å². The van der Waals surface area contributed by atoms with Crippen LogP contribution in [0.5, 0.6) is 0 Å². The molecule has 0 spiro atoms. The van der Waals surface area contributed by atoms with Gasteiger partial charge in [0.15, 0.2) is 0 Å². The molecule has 1 heteroatoms. The lowest BCUT2D eigenvalue weighted by atomic mass is 9.98. The van der Waals surface area contributed by atoms with Crippen molar-refractivity contribution in [2.75, 3.05) is 7.05 Å². The highest BCUT2D eigenvalue weighted by Crippen LogP contribution is 2.13. The van der Waals surface area contributed by atoms with Crippen LogP contribution in [-0.4, -0.2) is 13.1 Å². The second-order valence-corrected chi connectivity index (χ2v) is 5.84. The van der Waals surface area contributed by atoms with E-state index in [1.54, 1.807) is 0 Å². The molecule has 0 aliphatic heterocycles. The highest BCUT2D eigenvalue weighted by atomic mass is 14.9. The molecular weight excluding hydrogens is 218 g/mol. The molecule has 0 radical (unpaired) electrons. The van der Waals surface area contributed by atoms with E-state index in [-0.39, 0.29) is 0 Å². The first kappa shape index (κ1) is 15.2.